The lowest BCUT2D eigenvalue weighted by Crippen LogP contribution is -2.35. The number of nitrogens with one attached hydrogen (secondary N) is 2. The third-order valence-corrected chi connectivity index (χ3v) is 3.20. The summed E-state index contributed by atoms with van der Waals surface area (Å²) >= 11 is 1.66. The van der Waals surface area contributed by atoms with Crippen LogP contribution in [-0.4, -0.2) is 12.6 Å². The van der Waals surface area contributed by atoms with Gasteiger partial charge in [-0.25, -0.2) is 4.79 Å². The molecule has 1 aromatic heterocycles. The molecule has 3 nitrogen and oxygen atoms in total. The molecule has 0 atom stereocenters. The van der Waals surface area contributed by atoms with Gasteiger partial charge in [-0.3, -0.25) is 0 Å². The monoisotopic (exact) mass is 240 g/mol. The molecular formula is C12H20N2OS. The van der Waals surface area contributed by atoms with E-state index in [-0.39, 0.29) is 6.03 Å². The van der Waals surface area contributed by atoms with Crippen LogP contribution in [-0.2, 0) is 6.54 Å². The van der Waals surface area contributed by atoms with Crippen LogP contribution in [0.25, 0.3) is 0 Å². The van der Waals surface area contributed by atoms with Crippen LogP contribution in [0.2, 0.25) is 0 Å². The molecule has 1 rings (SSSR count). The van der Waals surface area contributed by atoms with Crippen LogP contribution < -0.4 is 10.6 Å². The van der Waals surface area contributed by atoms with Gasteiger partial charge < -0.3 is 10.6 Å². The van der Waals surface area contributed by atoms with Gasteiger partial charge in [-0.05, 0) is 17.9 Å². The molecule has 0 bridgehead atoms. The van der Waals surface area contributed by atoms with Crippen LogP contribution in [0.3, 0.4) is 0 Å². The number of thiophene rings is 1. The van der Waals surface area contributed by atoms with Gasteiger partial charge in [-0.1, -0.05) is 32.3 Å². The molecule has 0 aliphatic rings. The van der Waals surface area contributed by atoms with Crippen LogP contribution in [0.15, 0.2) is 17.5 Å². The molecule has 90 valence electrons. The van der Waals surface area contributed by atoms with Gasteiger partial charge in [0, 0.05) is 11.4 Å². The molecule has 0 aliphatic heterocycles. The van der Waals surface area contributed by atoms with Crippen molar-refractivity contribution in [3.8, 4) is 0 Å². The van der Waals surface area contributed by atoms with E-state index >= 15 is 0 Å². The molecule has 2 N–H and O–H groups in total. The van der Waals surface area contributed by atoms with Crippen molar-refractivity contribution in [2.75, 3.05) is 6.54 Å². The quantitative estimate of drug-likeness (QED) is 0.706. The van der Waals surface area contributed by atoms with E-state index in [0.717, 1.165) is 13.0 Å². The van der Waals surface area contributed by atoms with E-state index in [9.17, 15) is 4.79 Å². The normalized spacial score (nSPS) is 10.1. The fourth-order valence-electron chi connectivity index (χ4n) is 1.40. The van der Waals surface area contributed by atoms with Crippen molar-refractivity contribution in [2.45, 2.75) is 39.2 Å². The van der Waals surface area contributed by atoms with Crippen molar-refractivity contribution in [1.29, 1.82) is 0 Å². The summed E-state index contributed by atoms with van der Waals surface area (Å²) in [4.78, 5) is 12.5. The summed E-state index contributed by atoms with van der Waals surface area (Å²) in [5, 5.41) is 7.71. The fraction of sp³-hybridized carbons (Fsp3) is 0.583. The Labute approximate surface area is 101 Å². The Morgan fingerprint density at radius 3 is 2.88 bits per heavy atom. The van der Waals surface area contributed by atoms with Gasteiger partial charge >= 0.3 is 6.03 Å². The van der Waals surface area contributed by atoms with E-state index in [2.05, 4.69) is 17.6 Å². The van der Waals surface area contributed by atoms with Gasteiger partial charge in [0.15, 0.2) is 0 Å². The second kappa shape index (κ2) is 8.16. The number of unbranched alkanes of at least 4 members (excludes halogenated alkanes) is 3. The van der Waals surface area contributed by atoms with Gasteiger partial charge in [0.1, 0.15) is 0 Å². The Morgan fingerprint density at radius 2 is 2.19 bits per heavy atom. The number of urea groups is 1. The van der Waals surface area contributed by atoms with E-state index in [4.69, 9.17) is 0 Å². The van der Waals surface area contributed by atoms with Gasteiger partial charge in [0.2, 0.25) is 0 Å². The highest BCUT2D eigenvalue weighted by Gasteiger charge is 1.99. The Hall–Kier alpha value is -1.03. The third kappa shape index (κ3) is 5.75. The van der Waals surface area contributed by atoms with Crippen LogP contribution in [0, 0.1) is 0 Å². The zero-order valence-electron chi connectivity index (χ0n) is 9.79. The maximum Gasteiger partial charge on any atom is 0.315 e. The highest BCUT2D eigenvalue weighted by atomic mass is 32.1. The highest BCUT2D eigenvalue weighted by Crippen LogP contribution is 2.06. The van der Waals surface area contributed by atoms with Crippen LogP contribution in [0.1, 0.15) is 37.5 Å². The molecule has 4 heteroatoms. The maximum atomic E-state index is 11.4. The van der Waals surface area contributed by atoms with Crippen molar-refractivity contribution >= 4 is 17.4 Å². The number of rotatable bonds is 7. The van der Waals surface area contributed by atoms with Gasteiger partial charge in [0.05, 0.1) is 6.54 Å². The van der Waals surface area contributed by atoms with Crippen LogP contribution >= 0.6 is 11.3 Å². The molecule has 0 fully saturated rings. The Bertz CT molecular complexity index is 285. The summed E-state index contributed by atoms with van der Waals surface area (Å²) < 4.78 is 0. The molecule has 1 aromatic rings. The molecule has 0 spiro atoms. The summed E-state index contributed by atoms with van der Waals surface area (Å²) in [5.41, 5.74) is 0. The fourth-order valence-corrected chi connectivity index (χ4v) is 2.04. The molecule has 16 heavy (non-hydrogen) atoms. The Balaban J connectivity index is 1.99. The van der Waals surface area contributed by atoms with E-state index in [1.54, 1.807) is 11.3 Å². The molecule has 0 radical (unpaired) electrons. The first-order chi connectivity index (χ1) is 7.83. The first-order valence-electron chi connectivity index (χ1n) is 5.87. The second-order valence-electron chi connectivity index (χ2n) is 3.75. The average Bonchev–Trinajstić information content (AvgIpc) is 2.79. The lowest BCUT2D eigenvalue weighted by Gasteiger charge is -2.06. The molecule has 1 heterocycles. The molecule has 0 saturated carbocycles. The predicted octanol–water partition coefficient (Wildman–Crippen LogP) is 3.13. The van der Waals surface area contributed by atoms with Crippen molar-refractivity contribution < 1.29 is 4.79 Å². The lowest BCUT2D eigenvalue weighted by molar-refractivity contribution is 0.240. The summed E-state index contributed by atoms with van der Waals surface area (Å²) in [6.45, 7) is 3.58. The predicted molar refractivity (Wildman–Crippen MR) is 68.7 cm³/mol. The average molecular weight is 240 g/mol. The summed E-state index contributed by atoms with van der Waals surface area (Å²) in [7, 11) is 0. The minimum Gasteiger partial charge on any atom is -0.338 e. The number of carbonyl (C=O) groups excluding carboxylic acids is 1. The molecular weight excluding hydrogens is 220 g/mol. The van der Waals surface area contributed by atoms with Gasteiger partial charge in [-0.15, -0.1) is 11.3 Å². The number of hydrogen-bond acceptors (Lipinski definition) is 2. The summed E-state index contributed by atoms with van der Waals surface area (Å²) in [6.07, 6.45) is 4.74. The Morgan fingerprint density at radius 1 is 1.31 bits per heavy atom. The topological polar surface area (TPSA) is 41.1 Å². The van der Waals surface area contributed by atoms with E-state index < -0.39 is 0 Å². The zero-order valence-corrected chi connectivity index (χ0v) is 10.6. The summed E-state index contributed by atoms with van der Waals surface area (Å²) in [5.74, 6) is 0. The maximum absolute atomic E-state index is 11.4. The Kier molecular flexibility index (Phi) is 6.65. The standard InChI is InChI=1S/C12H20N2OS/c1-2-3-4-5-8-13-12(15)14-10-11-7-6-9-16-11/h6-7,9H,2-5,8,10H2,1H3,(H2,13,14,15). The minimum atomic E-state index is -0.0649. The van der Waals surface area contributed by atoms with Crippen molar-refractivity contribution in [3.05, 3.63) is 22.4 Å². The van der Waals surface area contributed by atoms with Crippen LogP contribution in [0.4, 0.5) is 4.79 Å². The SMILES string of the molecule is CCCCCCNC(=O)NCc1cccs1. The lowest BCUT2D eigenvalue weighted by atomic mass is 10.2. The van der Waals surface area contributed by atoms with E-state index in [1.807, 2.05) is 17.5 Å². The zero-order chi connectivity index (χ0) is 11.6. The minimum absolute atomic E-state index is 0.0649. The molecule has 0 unspecified atom stereocenters. The smallest absolute Gasteiger partial charge is 0.315 e. The van der Waals surface area contributed by atoms with Gasteiger partial charge in [0.25, 0.3) is 0 Å². The molecule has 0 aromatic carbocycles. The van der Waals surface area contributed by atoms with Crippen molar-refractivity contribution in [1.82, 2.24) is 10.6 Å². The molecule has 0 saturated heterocycles. The number of amides is 2. The van der Waals surface area contributed by atoms with Crippen molar-refractivity contribution in [3.63, 3.8) is 0 Å². The summed E-state index contributed by atoms with van der Waals surface area (Å²) in [6, 6.07) is 3.95. The largest absolute Gasteiger partial charge is 0.338 e. The number of carbonyl (C=O) groups is 1. The first-order valence-corrected chi connectivity index (χ1v) is 6.75. The van der Waals surface area contributed by atoms with Gasteiger partial charge in [-0.2, -0.15) is 0 Å². The van der Waals surface area contributed by atoms with E-state index in [1.165, 1.54) is 24.1 Å². The van der Waals surface area contributed by atoms with E-state index in [0.29, 0.717) is 6.54 Å². The molecule has 0 aliphatic carbocycles. The van der Waals surface area contributed by atoms with Crippen LogP contribution in [0.5, 0.6) is 0 Å². The third-order valence-electron chi connectivity index (χ3n) is 2.32. The highest BCUT2D eigenvalue weighted by molar-refractivity contribution is 7.09. The van der Waals surface area contributed by atoms with Crippen molar-refractivity contribution in [2.24, 2.45) is 0 Å². The molecule has 2 amide bonds. The second-order valence-corrected chi connectivity index (χ2v) is 4.78. The first kappa shape index (κ1) is 13.0. The number of hydrogen-bond donors (Lipinski definition) is 2.